The summed E-state index contributed by atoms with van der Waals surface area (Å²) < 4.78 is 43.4. The molecule has 0 aliphatic carbocycles. The highest BCUT2D eigenvalue weighted by Crippen LogP contribution is 2.50. The molecule has 0 aliphatic rings. The molecule has 2 aromatic heterocycles. The van der Waals surface area contributed by atoms with Crippen LogP contribution in [0.2, 0.25) is 0 Å². The number of nitrogen functional groups attached to an aromatic ring is 1. The highest BCUT2D eigenvalue weighted by Gasteiger charge is 2.33. The maximum atomic E-state index is 13.4. The fourth-order valence-electron chi connectivity index (χ4n) is 4.22. The smallest absolute Gasteiger partial charge is 0.356 e. The van der Waals surface area contributed by atoms with E-state index in [1.807, 2.05) is 65.2 Å². The van der Waals surface area contributed by atoms with E-state index in [4.69, 9.17) is 29.0 Å². The van der Waals surface area contributed by atoms with Gasteiger partial charge < -0.3 is 33.6 Å². The Balaban J connectivity index is 1.84. The molecule has 0 aliphatic heterocycles. The first-order chi connectivity index (χ1) is 19.0. The molecule has 4 rings (SSSR count). The molecule has 0 amide bonds. The molecule has 0 fully saturated rings. The number of methoxy groups -OCH3 is 1. The van der Waals surface area contributed by atoms with Crippen LogP contribution in [0.5, 0.6) is 6.01 Å². The van der Waals surface area contributed by atoms with Crippen molar-refractivity contribution in [1.82, 2.24) is 19.5 Å². The molecular formula is C27H34N5O6P. The number of nitrogens with two attached hydrogens (primary N) is 1. The number of hydrogen-bond donors (Lipinski definition) is 1. The lowest BCUT2D eigenvalue weighted by atomic mass is 9.95. The molecule has 11 nitrogen and oxygen atoms in total. The largest absolute Gasteiger partial charge is 0.461 e. The molecule has 39 heavy (non-hydrogen) atoms. The van der Waals surface area contributed by atoms with Crippen LogP contribution >= 0.6 is 7.60 Å². The summed E-state index contributed by atoms with van der Waals surface area (Å²) in [6.07, 6.45) is 0.775. The normalized spacial score (nSPS) is 13.4. The number of hydrogen-bond acceptors (Lipinski definition) is 10. The highest BCUT2D eigenvalue weighted by atomic mass is 31.2. The molecular weight excluding hydrogens is 521 g/mol. The van der Waals surface area contributed by atoms with Crippen molar-refractivity contribution in [2.24, 2.45) is 0 Å². The Kier molecular flexibility index (Phi) is 10.0. The zero-order chi connectivity index (χ0) is 27.7. The van der Waals surface area contributed by atoms with Gasteiger partial charge in [-0.1, -0.05) is 60.7 Å². The highest BCUT2D eigenvalue weighted by molar-refractivity contribution is 7.53. The maximum Gasteiger partial charge on any atom is 0.356 e. The Morgan fingerprint density at radius 1 is 0.923 bits per heavy atom. The number of fused-ring (bicyclic) bond motifs is 1. The lowest BCUT2D eigenvalue weighted by Gasteiger charge is -2.30. The van der Waals surface area contributed by atoms with E-state index < -0.39 is 19.7 Å². The monoisotopic (exact) mass is 555 g/mol. The van der Waals surface area contributed by atoms with Gasteiger partial charge in [-0.15, -0.1) is 0 Å². The van der Waals surface area contributed by atoms with Crippen LogP contribution in [0.4, 0.5) is 5.82 Å². The average molecular weight is 556 g/mol. The van der Waals surface area contributed by atoms with Gasteiger partial charge in [0.2, 0.25) is 0 Å². The molecule has 0 saturated heterocycles. The Bertz CT molecular complexity index is 1360. The number of ether oxygens (including phenoxy) is 3. The van der Waals surface area contributed by atoms with Crippen LogP contribution in [0.15, 0.2) is 67.0 Å². The number of nitrogens with zero attached hydrogens (tertiary/aromatic N) is 4. The second-order valence-corrected chi connectivity index (χ2v) is 10.5. The van der Waals surface area contributed by atoms with Gasteiger partial charge in [0.1, 0.15) is 19.1 Å². The van der Waals surface area contributed by atoms with Gasteiger partial charge >= 0.3 is 13.6 Å². The van der Waals surface area contributed by atoms with E-state index in [0.717, 1.165) is 11.1 Å². The first-order valence-electron chi connectivity index (χ1n) is 12.7. The zero-order valence-electron chi connectivity index (χ0n) is 22.3. The van der Waals surface area contributed by atoms with Gasteiger partial charge in [0.05, 0.1) is 32.2 Å². The van der Waals surface area contributed by atoms with Crippen LogP contribution in [-0.4, -0.2) is 59.4 Å². The number of aromatic nitrogens is 4. The molecule has 4 aromatic rings. The molecule has 2 atom stereocenters. The minimum atomic E-state index is -3.51. The predicted octanol–water partition coefficient (Wildman–Crippen LogP) is 5.00. The van der Waals surface area contributed by atoms with E-state index in [1.54, 1.807) is 27.3 Å². The minimum Gasteiger partial charge on any atom is -0.461 e. The number of imidazole rings is 1. The third kappa shape index (κ3) is 7.00. The predicted molar refractivity (Wildman–Crippen MR) is 148 cm³/mol. The summed E-state index contributed by atoms with van der Waals surface area (Å²) in [5.74, 6) is 0.187. The van der Waals surface area contributed by atoms with Crippen LogP contribution in [0.25, 0.3) is 11.2 Å². The van der Waals surface area contributed by atoms with Gasteiger partial charge in [-0.3, -0.25) is 4.57 Å². The van der Waals surface area contributed by atoms with Crippen molar-refractivity contribution in [2.45, 2.75) is 26.0 Å². The molecule has 2 heterocycles. The molecule has 2 N–H and O–H groups in total. The summed E-state index contributed by atoms with van der Waals surface area (Å²) in [6.45, 7) is 4.62. The van der Waals surface area contributed by atoms with E-state index >= 15 is 0 Å². The van der Waals surface area contributed by atoms with Gasteiger partial charge in [0.25, 0.3) is 0 Å². The van der Waals surface area contributed by atoms with Crippen molar-refractivity contribution < 1.29 is 27.8 Å². The van der Waals surface area contributed by atoms with Crippen LogP contribution in [0.1, 0.15) is 37.1 Å². The van der Waals surface area contributed by atoms with Gasteiger partial charge in [-0.25, -0.2) is 4.98 Å². The van der Waals surface area contributed by atoms with E-state index in [-0.39, 0.29) is 38.0 Å². The Labute approximate surface area is 227 Å². The van der Waals surface area contributed by atoms with E-state index in [1.165, 1.54) is 0 Å². The summed E-state index contributed by atoms with van der Waals surface area (Å²) in [5, 5.41) is 0. The molecule has 0 unspecified atom stereocenters. The van der Waals surface area contributed by atoms with Crippen molar-refractivity contribution in [3.8, 4) is 6.01 Å². The van der Waals surface area contributed by atoms with Crippen molar-refractivity contribution >= 4 is 24.6 Å². The summed E-state index contributed by atoms with van der Waals surface area (Å²) in [6, 6.07) is 19.1. The lowest BCUT2D eigenvalue weighted by Crippen LogP contribution is -2.23. The second kappa shape index (κ2) is 13.6. The van der Waals surface area contributed by atoms with E-state index in [0.29, 0.717) is 17.8 Å². The lowest BCUT2D eigenvalue weighted by molar-refractivity contribution is 0.0401. The number of rotatable bonds is 15. The molecule has 12 heteroatoms. The Morgan fingerprint density at radius 2 is 1.56 bits per heavy atom. The third-order valence-electron chi connectivity index (χ3n) is 5.87. The molecule has 208 valence electrons. The molecule has 2 aromatic carbocycles. The number of anilines is 1. The Morgan fingerprint density at radius 3 is 2.18 bits per heavy atom. The topological polar surface area (TPSA) is 133 Å². The first-order valence-corrected chi connectivity index (χ1v) is 14.4. The van der Waals surface area contributed by atoms with Gasteiger partial charge in [0.15, 0.2) is 17.0 Å². The van der Waals surface area contributed by atoms with Crippen molar-refractivity contribution in [3.63, 3.8) is 0 Å². The van der Waals surface area contributed by atoms with Crippen LogP contribution < -0.4 is 10.5 Å². The van der Waals surface area contributed by atoms with Crippen LogP contribution in [-0.2, 0) is 23.1 Å². The van der Waals surface area contributed by atoms with Crippen molar-refractivity contribution in [1.29, 1.82) is 0 Å². The third-order valence-corrected chi connectivity index (χ3v) is 7.63. The van der Waals surface area contributed by atoms with Gasteiger partial charge in [-0.2, -0.15) is 9.97 Å². The molecule has 0 spiro atoms. The molecule has 0 saturated carbocycles. The standard InChI is InChI=1S/C27H34N5O6P/c1-4-37-39(33,38-5-2)19-36-24(21-14-10-7-11-15-21)23(20-12-8-6-9-13-20)32-18-29-22-25(28)30-27(31-26(22)32)35-17-16-34-3/h6-15,18,23-24H,4-5,16-17,19H2,1-3H3,(H2,28,30,31)/t23-,24-/m1/s1. The Hall–Kier alpha value is -3.34. The summed E-state index contributed by atoms with van der Waals surface area (Å²) in [4.78, 5) is 13.4. The first kappa shape index (κ1) is 28.7. The van der Waals surface area contributed by atoms with Crippen molar-refractivity contribution in [3.05, 3.63) is 78.1 Å². The van der Waals surface area contributed by atoms with Gasteiger partial charge in [0, 0.05) is 7.11 Å². The summed E-state index contributed by atoms with van der Waals surface area (Å²) >= 11 is 0. The SMILES string of the molecule is CCOP(=O)(CO[C@H](c1ccccc1)[C@@H](c1ccccc1)n1cnc2c(N)nc(OCCOC)nc21)OCC. The van der Waals surface area contributed by atoms with Crippen LogP contribution in [0, 0.1) is 0 Å². The van der Waals surface area contributed by atoms with E-state index in [9.17, 15) is 4.57 Å². The maximum absolute atomic E-state index is 13.4. The average Bonchev–Trinajstić information content (AvgIpc) is 3.36. The molecule has 0 radical (unpaired) electrons. The second-order valence-electron chi connectivity index (χ2n) is 8.49. The van der Waals surface area contributed by atoms with Crippen LogP contribution in [0.3, 0.4) is 0 Å². The fourth-order valence-corrected chi connectivity index (χ4v) is 5.58. The minimum absolute atomic E-state index is 0.111. The summed E-state index contributed by atoms with van der Waals surface area (Å²) in [5.41, 5.74) is 8.90. The zero-order valence-corrected chi connectivity index (χ0v) is 23.2. The van der Waals surface area contributed by atoms with Gasteiger partial charge in [-0.05, 0) is 25.0 Å². The van der Waals surface area contributed by atoms with E-state index in [2.05, 4.69) is 15.0 Å². The van der Waals surface area contributed by atoms with Crippen molar-refractivity contribution in [2.75, 3.05) is 45.6 Å². The molecule has 0 bridgehead atoms. The fraction of sp³-hybridized carbons (Fsp3) is 0.370. The summed E-state index contributed by atoms with van der Waals surface area (Å²) in [7, 11) is -1.92. The quantitative estimate of drug-likeness (QED) is 0.158. The number of benzene rings is 2.